The summed E-state index contributed by atoms with van der Waals surface area (Å²) in [5, 5.41) is 12.3. The van der Waals surface area contributed by atoms with Gasteiger partial charge in [-0.05, 0) is 124 Å². The van der Waals surface area contributed by atoms with Crippen molar-refractivity contribution in [2.75, 3.05) is 6.54 Å². The van der Waals surface area contributed by atoms with Crippen molar-refractivity contribution in [1.82, 2.24) is 20.4 Å². The van der Waals surface area contributed by atoms with Crippen LogP contribution < -0.4 is 5.32 Å². The largest absolute Gasteiger partial charge is 0.322 e. The highest BCUT2D eigenvalue weighted by Gasteiger charge is 2.46. The zero-order valence-electron chi connectivity index (χ0n) is 27.3. The Labute approximate surface area is 271 Å². The molecule has 46 heavy (non-hydrogen) atoms. The number of carbonyl (C=O) groups excluding carboxylic acids is 1. The maximum absolute atomic E-state index is 14.5. The lowest BCUT2D eigenvalue weighted by atomic mass is 9.74. The van der Waals surface area contributed by atoms with Crippen LogP contribution in [0, 0.1) is 41.2 Å². The lowest BCUT2D eigenvalue weighted by Gasteiger charge is -2.37. The molecule has 6 nitrogen and oxygen atoms in total. The van der Waals surface area contributed by atoms with Crippen LogP contribution in [-0.4, -0.2) is 45.0 Å². The van der Waals surface area contributed by atoms with E-state index in [4.69, 9.17) is 4.99 Å². The molecule has 0 bridgehead atoms. The smallest absolute Gasteiger partial charge is 0.269 e. The first-order valence-corrected chi connectivity index (χ1v) is 16.7. The molecule has 8 heteroatoms. The highest BCUT2D eigenvalue weighted by atomic mass is 19.2. The second-order valence-corrected chi connectivity index (χ2v) is 14.1. The summed E-state index contributed by atoms with van der Waals surface area (Å²) in [6, 6.07) is 8.03. The van der Waals surface area contributed by atoms with E-state index in [1.807, 2.05) is 30.0 Å². The molecule has 3 aliphatic heterocycles. The summed E-state index contributed by atoms with van der Waals surface area (Å²) in [5.74, 6) is -1.22. The van der Waals surface area contributed by atoms with Crippen LogP contribution in [0.5, 0.6) is 0 Å². The number of hydrogen-bond donors (Lipinski definition) is 1. The number of aromatic nitrogens is 2. The molecule has 0 saturated carbocycles. The van der Waals surface area contributed by atoms with Gasteiger partial charge < -0.3 is 4.90 Å². The zero-order valence-corrected chi connectivity index (χ0v) is 27.3. The summed E-state index contributed by atoms with van der Waals surface area (Å²) in [6.45, 7) is 13.3. The lowest BCUT2D eigenvalue weighted by Crippen LogP contribution is -2.55. The van der Waals surface area contributed by atoms with Crippen molar-refractivity contribution in [3.05, 3.63) is 102 Å². The third kappa shape index (κ3) is 6.41. The summed E-state index contributed by atoms with van der Waals surface area (Å²) in [7, 11) is 0. The van der Waals surface area contributed by atoms with Gasteiger partial charge in [-0.2, -0.15) is 10.2 Å². The van der Waals surface area contributed by atoms with E-state index in [1.165, 1.54) is 12.1 Å². The van der Waals surface area contributed by atoms with E-state index in [9.17, 15) is 13.6 Å². The Bertz CT molecular complexity index is 1610. The SMILES string of the molecule is C=CCC1C(c2cccnn2)=CC=C(C2=CC(Cc3ccc(F)c(F)c3)CC3CCC4CC(C)(C)NC4N(CC)C(=O)C3=N2)C1C. The second kappa shape index (κ2) is 13.1. The van der Waals surface area contributed by atoms with Gasteiger partial charge in [0.05, 0.1) is 17.6 Å². The van der Waals surface area contributed by atoms with Crippen molar-refractivity contribution in [3.8, 4) is 0 Å². The van der Waals surface area contributed by atoms with Crippen molar-refractivity contribution in [3.63, 3.8) is 0 Å². The molecule has 0 spiro atoms. The number of nitrogens with zero attached hydrogens (tertiary/aromatic N) is 4. The maximum Gasteiger partial charge on any atom is 0.269 e. The van der Waals surface area contributed by atoms with E-state index in [1.54, 1.807) is 12.3 Å². The molecule has 2 saturated heterocycles. The molecule has 1 aromatic heterocycles. The molecule has 2 aromatic rings. The fourth-order valence-corrected chi connectivity index (χ4v) is 8.24. The third-order valence-corrected chi connectivity index (χ3v) is 10.4. The third-order valence-electron chi connectivity index (χ3n) is 10.4. The van der Waals surface area contributed by atoms with Crippen LogP contribution in [0.15, 0.2) is 83.7 Å². The van der Waals surface area contributed by atoms with Crippen LogP contribution in [0.3, 0.4) is 0 Å². The average molecular weight is 626 g/mol. The molecule has 6 rings (SSSR count). The van der Waals surface area contributed by atoms with Crippen LogP contribution in [0.1, 0.15) is 71.1 Å². The van der Waals surface area contributed by atoms with Crippen molar-refractivity contribution in [1.29, 1.82) is 0 Å². The molecular formula is C38H45F2N5O. The minimum Gasteiger partial charge on any atom is -0.322 e. The molecule has 2 fully saturated rings. The van der Waals surface area contributed by atoms with Gasteiger partial charge in [-0.3, -0.25) is 10.1 Å². The molecule has 4 aliphatic rings. The van der Waals surface area contributed by atoms with Gasteiger partial charge in [-0.25, -0.2) is 13.8 Å². The molecule has 1 aliphatic carbocycles. The van der Waals surface area contributed by atoms with Crippen molar-refractivity contribution < 1.29 is 13.6 Å². The van der Waals surface area contributed by atoms with Crippen LogP contribution >= 0.6 is 0 Å². The first kappa shape index (κ1) is 32.2. The maximum atomic E-state index is 14.5. The standard InChI is InChI=1S/C38H45F2N5O/c1-6-9-28-23(3)29(14-15-30(28)33-10-8-17-41-44-33)34-21-25(18-24-11-16-31(39)32(40)20-24)19-26-12-13-27-22-38(4,5)43-36(27)45(7-2)37(46)35(26)42-34/h6,8,10-11,14-17,20-21,23,25-28,36,43H,1,7,9,12-13,18-19,22H2,2-5H3. The van der Waals surface area contributed by atoms with Crippen LogP contribution in [0.4, 0.5) is 8.78 Å². The highest BCUT2D eigenvalue weighted by Crippen LogP contribution is 2.44. The van der Waals surface area contributed by atoms with Gasteiger partial charge >= 0.3 is 0 Å². The van der Waals surface area contributed by atoms with Gasteiger partial charge in [-0.15, -0.1) is 6.58 Å². The number of benzene rings is 1. The number of amides is 1. The van der Waals surface area contributed by atoms with Crippen LogP contribution in [0.2, 0.25) is 0 Å². The van der Waals surface area contributed by atoms with E-state index < -0.39 is 11.6 Å². The summed E-state index contributed by atoms with van der Waals surface area (Å²) in [6.07, 6.45) is 14.9. The van der Waals surface area contributed by atoms with Crippen molar-refractivity contribution >= 4 is 17.2 Å². The molecule has 6 unspecified atom stereocenters. The number of rotatable bonds is 7. The molecule has 1 aromatic carbocycles. The number of halogens is 2. The van der Waals surface area contributed by atoms with Crippen molar-refractivity contribution in [2.24, 2.45) is 34.6 Å². The van der Waals surface area contributed by atoms with Gasteiger partial charge in [0, 0.05) is 24.2 Å². The van der Waals surface area contributed by atoms with Gasteiger partial charge in [0.25, 0.3) is 5.91 Å². The highest BCUT2D eigenvalue weighted by molar-refractivity contribution is 6.40. The van der Waals surface area contributed by atoms with E-state index >= 15 is 0 Å². The Morgan fingerprint density at radius 3 is 2.65 bits per heavy atom. The Balaban J connectivity index is 1.44. The Hall–Kier alpha value is -3.78. The average Bonchev–Trinajstić information content (AvgIpc) is 3.21. The monoisotopic (exact) mass is 625 g/mol. The Kier molecular flexibility index (Phi) is 9.19. The van der Waals surface area contributed by atoms with E-state index in [2.05, 4.69) is 61.1 Å². The van der Waals surface area contributed by atoms with Crippen molar-refractivity contribution in [2.45, 2.75) is 77.9 Å². The number of hydrogen-bond acceptors (Lipinski definition) is 5. The van der Waals surface area contributed by atoms with Crippen LogP contribution in [-0.2, 0) is 11.2 Å². The zero-order chi connectivity index (χ0) is 32.6. The Morgan fingerprint density at radius 2 is 1.93 bits per heavy atom. The summed E-state index contributed by atoms with van der Waals surface area (Å²) in [4.78, 5) is 21.8. The van der Waals surface area contributed by atoms with Gasteiger partial charge in [-0.1, -0.05) is 37.3 Å². The fraction of sp³-hybridized carbons (Fsp3) is 0.474. The number of aliphatic imine (C=N–C) groups is 1. The molecule has 4 heterocycles. The van der Waals surface area contributed by atoms with E-state index in [-0.39, 0.29) is 41.3 Å². The molecule has 1 N–H and O–H groups in total. The predicted octanol–water partition coefficient (Wildman–Crippen LogP) is 7.47. The summed E-state index contributed by atoms with van der Waals surface area (Å²) < 4.78 is 28.2. The second-order valence-electron chi connectivity index (χ2n) is 14.1. The quantitative estimate of drug-likeness (QED) is 0.324. The van der Waals surface area contributed by atoms with Gasteiger partial charge in [0.2, 0.25) is 0 Å². The number of nitrogens with one attached hydrogen (secondary N) is 1. The van der Waals surface area contributed by atoms with Gasteiger partial charge in [0.15, 0.2) is 11.6 Å². The molecule has 6 atom stereocenters. The predicted molar refractivity (Wildman–Crippen MR) is 178 cm³/mol. The van der Waals surface area contributed by atoms with Gasteiger partial charge in [0.1, 0.15) is 5.71 Å². The molecule has 0 radical (unpaired) electrons. The number of carbonyl (C=O) groups is 1. The van der Waals surface area contributed by atoms with E-state index in [0.717, 1.165) is 60.2 Å². The number of likely N-dealkylation sites (tertiary alicyclic amines) is 1. The van der Waals surface area contributed by atoms with E-state index in [0.29, 0.717) is 24.6 Å². The molecule has 1 amide bonds. The minimum atomic E-state index is -0.848. The number of allylic oxidation sites excluding steroid dienone is 6. The summed E-state index contributed by atoms with van der Waals surface area (Å²) in [5.41, 5.74) is 5.08. The fourth-order valence-electron chi connectivity index (χ4n) is 8.24. The summed E-state index contributed by atoms with van der Waals surface area (Å²) >= 11 is 0. The first-order chi connectivity index (χ1) is 22.1. The van der Waals surface area contributed by atoms with Crippen LogP contribution in [0.25, 0.3) is 5.57 Å². The molecular weight excluding hydrogens is 580 g/mol. The normalized spacial score (nSPS) is 29.3. The number of fused-ring (bicyclic) bond motifs is 2. The first-order valence-electron chi connectivity index (χ1n) is 16.7. The topological polar surface area (TPSA) is 70.5 Å². The minimum absolute atomic E-state index is 0.00530. The Morgan fingerprint density at radius 1 is 1.13 bits per heavy atom. The molecule has 242 valence electrons. The lowest BCUT2D eigenvalue weighted by molar-refractivity contribution is -0.128.